The maximum atomic E-state index is 4.29. The highest BCUT2D eigenvalue weighted by atomic mass is 32.2. The van der Waals surface area contributed by atoms with Gasteiger partial charge in [0, 0.05) is 11.4 Å². The van der Waals surface area contributed by atoms with Crippen LogP contribution in [0.5, 0.6) is 0 Å². The summed E-state index contributed by atoms with van der Waals surface area (Å²) in [6.45, 7) is 8.05. The Hall–Kier alpha value is -2.65. The van der Waals surface area contributed by atoms with E-state index in [2.05, 4.69) is 83.7 Å². The summed E-state index contributed by atoms with van der Waals surface area (Å²) in [6.07, 6.45) is 7.64. The van der Waals surface area contributed by atoms with Crippen molar-refractivity contribution in [2.24, 2.45) is 0 Å². The normalized spacial score (nSPS) is 13.6. The van der Waals surface area contributed by atoms with E-state index in [1.54, 1.807) is 6.20 Å². The molecule has 134 valence electrons. The van der Waals surface area contributed by atoms with Crippen LogP contribution in [0.2, 0.25) is 0 Å². The van der Waals surface area contributed by atoms with Crippen molar-refractivity contribution in [1.82, 2.24) is 5.32 Å². The van der Waals surface area contributed by atoms with Crippen molar-refractivity contribution < 1.29 is 0 Å². The number of hydrogen-bond donors (Lipinski definition) is 2. The third kappa shape index (κ3) is 4.12. The van der Waals surface area contributed by atoms with Crippen molar-refractivity contribution in [1.29, 1.82) is 0 Å². The number of hydrogen-bond acceptors (Lipinski definition) is 2. The largest absolute Gasteiger partial charge is 0.362 e. The summed E-state index contributed by atoms with van der Waals surface area (Å²) in [5.41, 5.74) is 8.14. The van der Waals surface area contributed by atoms with Gasteiger partial charge < -0.3 is 10.0 Å². The Labute approximate surface area is 157 Å². The molecule has 2 N–H and O–H groups in total. The second-order valence-corrected chi connectivity index (χ2v) is 9.61. The predicted octanol–water partition coefficient (Wildman–Crippen LogP) is 5.09. The molecule has 0 radical (unpaired) electrons. The van der Waals surface area contributed by atoms with E-state index in [9.17, 15) is 0 Å². The van der Waals surface area contributed by atoms with Gasteiger partial charge in [0.25, 0.3) is 0 Å². The molecular weight excluding hydrogens is 336 g/mol. The van der Waals surface area contributed by atoms with Gasteiger partial charge in [0.15, 0.2) is 0 Å². The molecule has 0 saturated carbocycles. The highest BCUT2D eigenvalue weighted by Crippen LogP contribution is 2.35. The molecule has 0 unspecified atom stereocenters. The fourth-order valence-corrected chi connectivity index (χ4v) is 3.92. The lowest BCUT2D eigenvalue weighted by molar-refractivity contribution is 1.06. The lowest BCUT2D eigenvalue weighted by Crippen LogP contribution is -2.13. The Morgan fingerprint density at radius 3 is 2.54 bits per heavy atom. The molecule has 3 rings (SSSR count). The molecule has 0 heterocycles. The molecule has 0 saturated heterocycles. The maximum Gasteiger partial charge on any atom is 0.0470 e. The van der Waals surface area contributed by atoms with Crippen LogP contribution in [-0.2, 0) is 12.8 Å². The lowest BCUT2D eigenvalue weighted by Gasteiger charge is -2.24. The van der Waals surface area contributed by atoms with E-state index in [1.807, 2.05) is 6.07 Å². The van der Waals surface area contributed by atoms with Gasteiger partial charge in [-0.25, -0.2) is 0 Å². The molecule has 2 aromatic rings. The van der Waals surface area contributed by atoms with Crippen molar-refractivity contribution in [3.63, 3.8) is 0 Å². The average Bonchev–Trinajstić information content (AvgIpc) is 2.58. The Morgan fingerprint density at radius 1 is 1.15 bits per heavy atom. The van der Waals surface area contributed by atoms with Gasteiger partial charge in [-0.15, -0.1) is 9.39 Å². The first-order chi connectivity index (χ1) is 12.4. The summed E-state index contributed by atoms with van der Waals surface area (Å²) >= 11 is 0. The molecule has 0 amide bonds. The van der Waals surface area contributed by atoms with Crippen molar-refractivity contribution in [3.8, 4) is 0 Å². The maximum absolute atomic E-state index is 4.29. The number of fused-ring (bicyclic) bond motifs is 1. The Morgan fingerprint density at radius 2 is 1.88 bits per heavy atom. The quantitative estimate of drug-likeness (QED) is 0.700. The summed E-state index contributed by atoms with van der Waals surface area (Å²) in [5, 5.41) is 3.19. The molecule has 26 heavy (non-hydrogen) atoms. The molecular formula is C23H26N2S. The average molecular weight is 363 g/mol. The van der Waals surface area contributed by atoms with Crippen LogP contribution in [-0.4, -0.2) is 18.0 Å². The van der Waals surface area contributed by atoms with E-state index < -0.39 is 9.39 Å². The number of rotatable bonds is 6. The van der Waals surface area contributed by atoms with Crippen LogP contribution in [0.15, 0.2) is 73.6 Å². The summed E-state index contributed by atoms with van der Waals surface area (Å²) < 4.78 is 3.55. The minimum atomic E-state index is -1.36. The summed E-state index contributed by atoms with van der Waals surface area (Å²) in [4.78, 5) is 0. The number of nitrogens with one attached hydrogen (secondary N) is 2. The van der Waals surface area contributed by atoms with Crippen molar-refractivity contribution in [2.45, 2.75) is 12.8 Å². The Kier molecular flexibility index (Phi) is 5.10. The summed E-state index contributed by atoms with van der Waals surface area (Å²) in [7, 11) is -1.36. The van der Waals surface area contributed by atoms with Gasteiger partial charge in [-0.3, -0.25) is 0 Å². The van der Waals surface area contributed by atoms with Gasteiger partial charge >= 0.3 is 0 Å². The SMILES string of the molecule is C=CNC1=CCc2cc(NS(=C)(=C)C)c(Cc3ccccc3)cc2C1=C. The monoisotopic (exact) mass is 362 g/mol. The highest BCUT2D eigenvalue weighted by Gasteiger charge is 2.18. The molecule has 2 nitrogen and oxygen atoms in total. The smallest absolute Gasteiger partial charge is 0.0470 e. The molecule has 0 fully saturated rings. The predicted molar refractivity (Wildman–Crippen MR) is 121 cm³/mol. The first-order valence-corrected chi connectivity index (χ1v) is 10.9. The fourth-order valence-electron chi connectivity index (χ4n) is 3.20. The van der Waals surface area contributed by atoms with Crippen LogP contribution < -0.4 is 10.0 Å². The van der Waals surface area contributed by atoms with Crippen molar-refractivity contribution >= 4 is 32.4 Å². The minimum Gasteiger partial charge on any atom is -0.362 e. The van der Waals surface area contributed by atoms with Gasteiger partial charge in [0.05, 0.1) is 0 Å². The molecule has 0 spiro atoms. The van der Waals surface area contributed by atoms with Gasteiger partial charge in [0.2, 0.25) is 0 Å². The van der Waals surface area contributed by atoms with Crippen LogP contribution >= 0.6 is 9.39 Å². The van der Waals surface area contributed by atoms with Crippen LogP contribution in [0.25, 0.3) is 5.57 Å². The van der Waals surface area contributed by atoms with Gasteiger partial charge in [-0.2, -0.15) is 0 Å². The van der Waals surface area contributed by atoms with Crippen LogP contribution in [0.3, 0.4) is 0 Å². The van der Waals surface area contributed by atoms with Gasteiger partial charge in [-0.05, 0) is 65.3 Å². The van der Waals surface area contributed by atoms with Crippen molar-refractivity contribution in [3.05, 3.63) is 95.8 Å². The van der Waals surface area contributed by atoms with E-state index in [-0.39, 0.29) is 0 Å². The minimum absolute atomic E-state index is 0.854. The van der Waals surface area contributed by atoms with Gasteiger partial charge in [-0.1, -0.05) is 61.3 Å². The van der Waals surface area contributed by atoms with E-state index in [4.69, 9.17) is 0 Å². The Balaban J connectivity index is 2.06. The molecule has 3 heteroatoms. The number of allylic oxidation sites excluding steroid dienone is 2. The van der Waals surface area contributed by atoms with E-state index in [0.717, 1.165) is 29.8 Å². The molecule has 0 aliphatic heterocycles. The van der Waals surface area contributed by atoms with Crippen molar-refractivity contribution in [2.75, 3.05) is 11.0 Å². The first-order valence-electron chi connectivity index (χ1n) is 8.56. The lowest BCUT2D eigenvalue weighted by atomic mass is 9.87. The highest BCUT2D eigenvalue weighted by molar-refractivity contribution is 8.28. The van der Waals surface area contributed by atoms with Crippen LogP contribution in [0, 0.1) is 0 Å². The summed E-state index contributed by atoms with van der Waals surface area (Å²) in [5.74, 6) is 8.38. The molecule has 0 bridgehead atoms. The second kappa shape index (κ2) is 7.30. The zero-order valence-corrected chi connectivity index (χ0v) is 16.2. The van der Waals surface area contributed by atoms with Crippen LogP contribution in [0.1, 0.15) is 22.3 Å². The molecule has 0 atom stereocenters. The molecule has 1 aliphatic carbocycles. The molecule has 1 aliphatic rings. The van der Waals surface area contributed by atoms with E-state index in [0.29, 0.717) is 0 Å². The summed E-state index contributed by atoms with van der Waals surface area (Å²) in [6, 6.07) is 15.0. The number of benzene rings is 2. The molecule has 2 aromatic carbocycles. The zero-order chi connectivity index (χ0) is 18.7. The third-order valence-corrected chi connectivity index (χ3v) is 5.07. The number of anilines is 1. The third-order valence-electron chi connectivity index (χ3n) is 4.36. The van der Waals surface area contributed by atoms with Crippen LogP contribution in [0.4, 0.5) is 5.69 Å². The topological polar surface area (TPSA) is 24.1 Å². The fraction of sp³-hybridized carbons (Fsp3) is 0.130. The Bertz CT molecular complexity index is 980. The molecule has 0 aromatic heterocycles. The standard InChI is InChI=1S/C23H26N2S/c1-6-24-22-13-12-19-16-23(25-26(3,4)5)20(15-21(19)17(22)2)14-18-10-8-7-9-11-18/h6-11,13,15-16,24-25H,1-4,12,14H2,5H3. The van der Waals surface area contributed by atoms with Gasteiger partial charge in [0.1, 0.15) is 0 Å². The zero-order valence-electron chi connectivity index (χ0n) is 15.3. The van der Waals surface area contributed by atoms with E-state index in [1.165, 1.54) is 22.3 Å². The second-order valence-electron chi connectivity index (χ2n) is 6.85. The first kappa shape index (κ1) is 18.2. The van der Waals surface area contributed by atoms with E-state index >= 15 is 0 Å².